The predicted octanol–water partition coefficient (Wildman–Crippen LogP) is -1.36. The lowest BCUT2D eigenvalue weighted by Gasteiger charge is -2.29. The Morgan fingerprint density at radius 3 is 2.75 bits per heavy atom. The predicted molar refractivity (Wildman–Crippen MR) is 40.4 cm³/mol. The molecule has 3 N–H and O–H groups in total. The Morgan fingerprint density at radius 2 is 2.42 bits per heavy atom. The SMILES string of the molecule is CC(O)(CN)C(=O)OC1COC1. The lowest BCUT2D eigenvalue weighted by molar-refractivity contribution is -0.188. The minimum atomic E-state index is -1.57. The van der Waals surface area contributed by atoms with Crippen LogP contribution >= 0.6 is 0 Å². The number of esters is 1. The molecule has 0 radical (unpaired) electrons. The van der Waals surface area contributed by atoms with Crippen molar-refractivity contribution in [3.63, 3.8) is 0 Å². The molecule has 5 nitrogen and oxygen atoms in total. The normalized spacial score (nSPS) is 22.6. The third-order valence-corrected chi connectivity index (χ3v) is 1.72. The van der Waals surface area contributed by atoms with Crippen molar-refractivity contribution in [3.05, 3.63) is 0 Å². The van der Waals surface area contributed by atoms with Gasteiger partial charge in [-0.05, 0) is 6.92 Å². The van der Waals surface area contributed by atoms with Crippen LogP contribution in [0, 0.1) is 0 Å². The average molecular weight is 175 g/mol. The van der Waals surface area contributed by atoms with E-state index in [1.165, 1.54) is 6.92 Å². The van der Waals surface area contributed by atoms with Gasteiger partial charge in [0, 0.05) is 6.54 Å². The minimum absolute atomic E-state index is 0.139. The maximum absolute atomic E-state index is 11.1. The number of carbonyl (C=O) groups excluding carboxylic acids is 1. The van der Waals surface area contributed by atoms with E-state index in [9.17, 15) is 9.90 Å². The maximum atomic E-state index is 11.1. The Labute approximate surface area is 70.4 Å². The first-order chi connectivity index (χ1) is 5.56. The molecule has 0 aliphatic carbocycles. The first-order valence-corrected chi connectivity index (χ1v) is 3.77. The molecule has 0 saturated carbocycles. The van der Waals surface area contributed by atoms with Crippen LogP contribution in [0.1, 0.15) is 6.92 Å². The van der Waals surface area contributed by atoms with Crippen LogP contribution in [-0.2, 0) is 14.3 Å². The number of carbonyl (C=O) groups is 1. The largest absolute Gasteiger partial charge is 0.455 e. The van der Waals surface area contributed by atoms with Gasteiger partial charge in [0.25, 0.3) is 0 Å². The van der Waals surface area contributed by atoms with E-state index in [-0.39, 0.29) is 12.6 Å². The van der Waals surface area contributed by atoms with E-state index in [4.69, 9.17) is 15.2 Å². The Morgan fingerprint density at radius 1 is 1.83 bits per heavy atom. The average Bonchev–Trinajstić information content (AvgIpc) is 1.96. The van der Waals surface area contributed by atoms with Crippen molar-refractivity contribution in [2.75, 3.05) is 19.8 Å². The van der Waals surface area contributed by atoms with Gasteiger partial charge in [-0.15, -0.1) is 0 Å². The highest BCUT2D eigenvalue weighted by Gasteiger charge is 2.34. The molecule has 1 unspecified atom stereocenters. The molecule has 0 bridgehead atoms. The summed E-state index contributed by atoms with van der Waals surface area (Å²) in [5, 5.41) is 9.32. The van der Waals surface area contributed by atoms with Gasteiger partial charge in [0.05, 0.1) is 13.2 Å². The maximum Gasteiger partial charge on any atom is 0.339 e. The topological polar surface area (TPSA) is 81.8 Å². The van der Waals surface area contributed by atoms with Crippen LogP contribution < -0.4 is 5.73 Å². The summed E-state index contributed by atoms with van der Waals surface area (Å²) in [5.41, 5.74) is 3.59. The summed E-state index contributed by atoms with van der Waals surface area (Å²) in [4.78, 5) is 11.1. The van der Waals surface area contributed by atoms with Crippen LogP contribution in [0.3, 0.4) is 0 Å². The van der Waals surface area contributed by atoms with Gasteiger partial charge in [0.1, 0.15) is 6.10 Å². The van der Waals surface area contributed by atoms with E-state index in [0.717, 1.165) is 0 Å². The number of nitrogens with two attached hydrogens (primary N) is 1. The van der Waals surface area contributed by atoms with E-state index in [1.807, 2.05) is 0 Å². The van der Waals surface area contributed by atoms with Crippen LogP contribution in [-0.4, -0.2) is 42.5 Å². The summed E-state index contributed by atoms with van der Waals surface area (Å²) in [7, 11) is 0. The van der Waals surface area contributed by atoms with E-state index in [2.05, 4.69) is 0 Å². The molecule has 0 spiro atoms. The molecule has 12 heavy (non-hydrogen) atoms. The molecule has 0 aromatic rings. The fraction of sp³-hybridized carbons (Fsp3) is 0.857. The van der Waals surface area contributed by atoms with Gasteiger partial charge in [0.2, 0.25) is 0 Å². The van der Waals surface area contributed by atoms with Gasteiger partial charge in [-0.3, -0.25) is 0 Å². The molecular weight excluding hydrogens is 162 g/mol. The Kier molecular flexibility index (Phi) is 2.66. The van der Waals surface area contributed by atoms with Gasteiger partial charge in [-0.25, -0.2) is 4.79 Å². The molecule has 70 valence electrons. The zero-order valence-electron chi connectivity index (χ0n) is 6.95. The highest BCUT2D eigenvalue weighted by molar-refractivity contribution is 5.79. The summed E-state index contributed by atoms with van der Waals surface area (Å²) < 4.78 is 9.64. The molecule has 1 fully saturated rings. The molecule has 0 aromatic heterocycles. The van der Waals surface area contributed by atoms with E-state index >= 15 is 0 Å². The number of hydrogen-bond donors (Lipinski definition) is 2. The van der Waals surface area contributed by atoms with Gasteiger partial charge in [-0.2, -0.15) is 0 Å². The fourth-order valence-electron chi connectivity index (χ4n) is 0.644. The second-order valence-electron chi connectivity index (χ2n) is 3.04. The van der Waals surface area contributed by atoms with Gasteiger partial charge >= 0.3 is 5.97 Å². The minimum Gasteiger partial charge on any atom is -0.455 e. The highest BCUT2D eigenvalue weighted by Crippen LogP contribution is 2.11. The van der Waals surface area contributed by atoms with Gasteiger partial charge in [-0.1, -0.05) is 0 Å². The van der Waals surface area contributed by atoms with E-state index < -0.39 is 11.6 Å². The van der Waals surface area contributed by atoms with Crippen LogP contribution in [0.4, 0.5) is 0 Å². The Balaban J connectivity index is 2.35. The molecule has 1 rings (SSSR count). The van der Waals surface area contributed by atoms with E-state index in [0.29, 0.717) is 13.2 Å². The summed E-state index contributed by atoms with van der Waals surface area (Å²) >= 11 is 0. The Hall–Kier alpha value is -0.650. The van der Waals surface area contributed by atoms with Crippen molar-refractivity contribution in [2.45, 2.75) is 18.6 Å². The van der Waals surface area contributed by atoms with Crippen LogP contribution in [0.25, 0.3) is 0 Å². The van der Waals surface area contributed by atoms with Crippen molar-refractivity contribution in [3.8, 4) is 0 Å². The van der Waals surface area contributed by atoms with Crippen LogP contribution in [0.2, 0.25) is 0 Å². The molecule has 1 atom stereocenters. The Bertz CT molecular complexity index is 176. The van der Waals surface area contributed by atoms with Crippen LogP contribution in [0.5, 0.6) is 0 Å². The zero-order valence-corrected chi connectivity index (χ0v) is 6.95. The molecule has 0 amide bonds. The fourth-order valence-corrected chi connectivity index (χ4v) is 0.644. The third kappa shape index (κ3) is 1.94. The quantitative estimate of drug-likeness (QED) is 0.518. The lowest BCUT2D eigenvalue weighted by atomic mass is 10.1. The number of aliphatic hydroxyl groups is 1. The van der Waals surface area contributed by atoms with E-state index in [1.54, 1.807) is 0 Å². The first kappa shape index (κ1) is 9.44. The number of ether oxygens (including phenoxy) is 2. The lowest BCUT2D eigenvalue weighted by Crippen LogP contribution is -2.48. The van der Waals surface area contributed by atoms with Crippen molar-refractivity contribution in [1.29, 1.82) is 0 Å². The van der Waals surface area contributed by atoms with Crippen LogP contribution in [0.15, 0.2) is 0 Å². The monoisotopic (exact) mass is 175 g/mol. The molecule has 1 aliphatic heterocycles. The van der Waals surface area contributed by atoms with Gasteiger partial charge < -0.3 is 20.3 Å². The van der Waals surface area contributed by atoms with Crippen molar-refractivity contribution in [1.82, 2.24) is 0 Å². The second-order valence-corrected chi connectivity index (χ2v) is 3.04. The standard InChI is InChI=1S/C7H13NO4/c1-7(10,4-8)6(9)12-5-2-11-3-5/h5,10H,2-4,8H2,1H3. The highest BCUT2D eigenvalue weighted by atomic mass is 16.6. The summed E-state index contributed by atoms with van der Waals surface area (Å²) in [6, 6.07) is 0. The summed E-state index contributed by atoms with van der Waals surface area (Å²) in [6.07, 6.45) is -0.212. The second kappa shape index (κ2) is 3.38. The number of hydrogen-bond acceptors (Lipinski definition) is 5. The zero-order chi connectivity index (χ0) is 9.19. The first-order valence-electron chi connectivity index (χ1n) is 3.77. The summed E-state index contributed by atoms with van der Waals surface area (Å²) in [6.45, 7) is 2.01. The molecule has 1 aliphatic rings. The third-order valence-electron chi connectivity index (χ3n) is 1.72. The smallest absolute Gasteiger partial charge is 0.339 e. The van der Waals surface area contributed by atoms with Gasteiger partial charge in [0.15, 0.2) is 5.60 Å². The summed E-state index contributed by atoms with van der Waals surface area (Å²) in [5.74, 6) is -0.682. The molecule has 5 heteroatoms. The molecule has 0 aromatic carbocycles. The van der Waals surface area contributed by atoms with Crippen molar-refractivity contribution in [2.24, 2.45) is 5.73 Å². The van der Waals surface area contributed by atoms with Crippen molar-refractivity contribution >= 4 is 5.97 Å². The van der Waals surface area contributed by atoms with Crippen molar-refractivity contribution < 1.29 is 19.4 Å². The molecule has 1 heterocycles. The molecular formula is C7H13NO4. The number of rotatable bonds is 3. The molecule has 1 saturated heterocycles.